The Morgan fingerprint density at radius 3 is 2.62 bits per heavy atom. The van der Waals surface area contributed by atoms with Gasteiger partial charge in [-0.15, -0.1) is 0 Å². The van der Waals surface area contributed by atoms with Crippen molar-refractivity contribution in [1.29, 1.82) is 0 Å². The van der Waals surface area contributed by atoms with Gasteiger partial charge in [-0.1, -0.05) is 0 Å². The lowest BCUT2D eigenvalue weighted by atomic mass is 10.5. The maximum Gasteiger partial charge on any atom is 0.321 e. The van der Waals surface area contributed by atoms with Gasteiger partial charge in [0, 0.05) is 19.1 Å². The highest BCUT2D eigenvalue weighted by Crippen LogP contribution is 2.18. The first-order valence-corrected chi connectivity index (χ1v) is 5.55. The molecule has 16 heavy (non-hydrogen) atoms. The molecule has 6 heteroatoms. The maximum absolute atomic E-state index is 11.4. The molecule has 1 rings (SSSR count). The molecule has 0 bridgehead atoms. The van der Waals surface area contributed by atoms with Gasteiger partial charge in [0.1, 0.15) is 0 Å². The number of carbonyl (C=O) groups is 2. The SMILES string of the molecule is CNCCN(C)CC(=O)NC(=O)NC1CC1. The van der Waals surface area contributed by atoms with Crippen LogP contribution in [0.4, 0.5) is 4.79 Å². The highest BCUT2D eigenvalue weighted by atomic mass is 16.2. The molecule has 0 radical (unpaired) electrons. The number of likely N-dealkylation sites (N-methyl/N-ethyl adjacent to an activating group) is 2. The second-order valence-corrected chi connectivity index (χ2v) is 4.14. The molecule has 1 fully saturated rings. The van der Waals surface area contributed by atoms with Crippen LogP contribution in [0.5, 0.6) is 0 Å². The summed E-state index contributed by atoms with van der Waals surface area (Å²) < 4.78 is 0. The fourth-order valence-corrected chi connectivity index (χ4v) is 1.24. The van der Waals surface area contributed by atoms with Crippen molar-refractivity contribution in [2.45, 2.75) is 18.9 Å². The van der Waals surface area contributed by atoms with Crippen LogP contribution in [0.25, 0.3) is 0 Å². The highest BCUT2D eigenvalue weighted by Gasteiger charge is 2.23. The fraction of sp³-hybridized carbons (Fsp3) is 0.800. The second kappa shape index (κ2) is 6.44. The molecule has 0 saturated heterocycles. The Bertz CT molecular complexity index is 253. The minimum absolute atomic E-state index is 0.236. The predicted octanol–water partition coefficient (Wildman–Crippen LogP) is -0.874. The average molecular weight is 228 g/mol. The smallest absolute Gasteiger partial charge is 0.321 e. The molecule has 3 N–H and O–H groups in total. The molecule has 6 nitrogen and oxygen atoms in total. The number of imide groups is 1. The Morgan fingerprint density at radius 2 is 2.06 bits per heavy atom. The molecule has 0 aromatic rings. The maximum atomic E-state index is 11.4. The molecule has 0 aromatic heterocycles. The topological polar surface area (TPSA) is 73.5 Å². The van der Waals surface area contributed by atoms with Crippen molar-refractivity contribution in [3.63, 3.8) is 0 Å². The molecular weight excluding hydrogens is 208 g/mol. The Balaban J connectivity index is 2.10. The Labute approximate surface area is 95.8 Å². The van der Waals surface area contributed by atoms with Crippen molar-refractivity contribution < 1.29 is 9.59 Å². The van der Waals surface area contributed by atoms with E-state index >= 15 is 0 Å². The van der Waals surface area contributed by atoms with Crippen molar-refractivity contribution in [2.24, 2.45) is 0 Å². The van der Waals surface area contributed by atoms with Gasteiger partial charge < -0.3 is 10.6 Å². The summed E-state index contributed by atoms with van der Waals surface area (Å²) >= 11 is 0. The van der Waals surface area contributed by atoms with Gasteiger partial charge in [0.2, 0.25) is 5.91 Å². The van der Waals surface area contributed by atoms with Crippen molar-refractivity contribution in [2.75, 3.05) is 33.7 Å². The standard InChI is InChI=1S/C10H20N4O2/c1-11-5-6-14(2)7-9(15)13-10(16)12-8-3-4-8/h8,11H,3-7H2,1-2H3,(H2,12,13,15,16). The third-order valence-electron chi connectivity index (χ3n) is 2.32. The van der Waals surface area contributed by atoms with Crippen LogP contribution < -0.4 is 16.0 Å². The molecule has 92 valence electrons. The summed E-state index contributed by atoms with van der Waals surface area (Å²) in [6, 6.07) is -0.107. The van der Waals surface area contributed by atoms with Crippen LogP contribution in [0.15, 0.2) is 0 Å². The van der Waals surface area contributed by atoms with E-state index in [1.807, 2.05) is 19.0 Å². The molecule has 0 aliphatic heterocycles. The van der Waals surface area contributed by atoms with Crippen LogP contribution in [-0.4, -0.2) is 56.6 Å². The van der Waals surface area contributed by atoms with Crippen LogP contribution in [0.2, 0.25) is 0 Å². The van der Waals surface area contributed by atoms with Crippen LogP contribution in [0.3, 0.4) is 0 Å². The van der Waals surface area contributed by atoms with Crippen LogP contribution in [-0.2, 0) is 4.79 Å². The molecule has 0 atom stereocenters. The van der Waals surface area contributed by atoms with E-state index < -0.39 is 0 Å². The molecule has 0 unspecified atom stereocenters. The number of rotatable bonds is 6. The molecule has 0 aromatic carbocycles. The fourth-order valence-electron chi connectivity index (χ4n) is 1.24. The summed E-state index contributed by atoms with van der Waals surface area (Å²) in [4.78, 5) is 24.5. The highest BCUT2D eigenvalue weighted by molar-refractivity contribution is 5.95. The normalized spacial score (nSPS) is 14.9. The summed E-state index contributed by atoms with van der Waals surface area (Å²) in [5.41, 5.74) is 0. The van der Waals surface area contributed by atoms with Gasteiger partial charge in [-0.05, 0) is 26.9 Å². The molecule has 3 amide bonds. The summed E-state index contributed by atoms with van der Waals surface area (Å²) in [5, 5.41) is 8.00. The molecular formula is C10H20N4O2. The van der Waals surface area contributed by atoms with E-state index in [1.165, 1.54) is 0 Å². The van der Waals surface area contributed by atoms with E-state index in [2.05, 4.69) is 16.0 Å². The number of nitrogens with zero attached hydrogens (tertiary/aromatic N) is 1. The number of urea groups is 1. The van der Waals surface area contributed by atoms with Gasteiger partial charge in [-0.2, -0.15) is 0 Å². The number of hydrogen-bond acceptors (Lipinski definition) is 4. The molecule has 1 saturated carbocycles. The summed E-state index contributed by atoms with van der Waals surface area (Å²) in [6.07, 6.45) is 2.04. The van der Waals surface area contributed by atoms with E-state index in [4.69, 9.17) is 0 Å². The monoisotopic (exact) mass is 228 g/mol. The van der Waals surface area contributed by atoms with E-state index in [1.54, 1.807) is 0 Å². The zero-order valence-electron chi connectivity index (χ0n) is 9.88. The quantitative estimate of drug-likeness (QED) is 0.552. The number of carbonyl (C=O) groups excluding carboxylic acids is 2. The van der Waals surface area contributed by atoms with Crippen molar-refractivity contribution in [1.82, 2.24) is 20.9 Å². The zero-order chi connectivity index (χ0) is 12.0. The largest absolute Gasteiger partial charge is 0.335 e. The van der Waals surface area contributed by atoms with Gasteiger partial charge in [0.15, 0.2) is 0 Å². The Kier molecular flexibility index (Phi) is 5.21. The number of hydrogen-bond donors (Lipinski definition) is 3. The Hall–Kier alpha value is -1.14. The summed E-state index contributed by atoms with van der Waals surface area (Å²) in [6.45, 7) is 1.83. The van der Waals surface area contributed by atoms with Gasteiger partial charge in [-0.25, -0.2) is 4.79 Å². The zero-order valence-corrected chi connectivity index (χ0v) is 9.88. The molecule has 1 aliphatic carbocycles. The predicted molar refractivity (Wildman–Crippen MR) is 61.1 cm³/mol. The summed E-state index contributed by atoms with van der Waals surface area (Å²) in [5.74, 6) is -0.267. The lowest BCUT2D eigenvalue weighted by Gasteiger charge is -2.15. The van der Waals surface area contributed by atoms with Crippen LogP contribution >= 0.6 is 0 Å². The Morgan fingerprint density at radius 1 is 1.38 bits per heavy atom. The number of nitrogens with one attached hydrogen (secondary N) is 3. The van der Waals surface area contributed by atoms with Gasteiger partial charge in [0.05, 0.1) is 6.54 Å². The second-order valence-electron chi connectivity index (χ2n) is 4.14. The molecule has 0 spiro atoms. The minimum atomic E-state index is -0.380. The van der Waals surface area contributed by atoms with Gasteiger partial charge in [-0.3, -0.25) is 15.0 Å². The lowest BCUT2D eigenvalue weighted by molar-refractivity contribution is -0.120. The third kappa shape index (κ3) is 5.67. The van der Waals surface area contributed by atoms with Crippen molar-refractivity contribution >= 4 is 11.9 Å². The van der Waals surface area contributed by atoms with Crippen molar-refractivity contribution in [3.8, 4) is 0 Å². The first kappa shape index (κ1) is 12.9. The average Bonchev–Trinajstić information content (AvgIpc) is 2.97. The third-order valence-corrected chi connectivity index (χ3v) is 2.32. The van der Waals surface area contributed by atoms with Gasteiger partial charge >= 0.3 is 6.03 Å². The molecule has 1 aliphatic rings. The first-order chi connectivity index (χ1) is 7.61. The molecule has 0 heterocycles. The van der Waals surface area contributed by atoms with E-state index in [-0.39, 0.29) is 24.5 Å². The first-order valence-electron chi connectivity index (χ1n) is 5.55. The van der Waals surface area contributed by atoms with E-state index in [0.717, 1.165) is 25.9 Å². The lowest BCUT2D eigenvalue weighted by Crippen LogP contribution is -2.45. The van der Waals surface area contributed by atoms with E-state index in [0.29, 0.717) is 0 Å². The van der Waals surface area contributed by atoms with Crippen LogP contribution in [0, 0.1) is 0 Å². The van der Waals surface area contributed by atoms with Gasteiger partial charge in [0.25, 0.3) is 0 Å². The number of amides is 3. The van der Waals surface area contributed by atoms with Crippen molar-refractivity contribution in [3.05, 3.63) is 0 Å². The van der Waals surface area contributed by atoms with Crippen LogP contribution in [0.1, 0.15) is 12.8 Å². The summed E-state index contributed by atoms with van der Waals surface area (Å²) in [7, 11) is 3.70. The minimum Gasteiger partial charge on any atom is -0.335 e. The van der Waals surface area contributed by atoms with E-state index in [9.17, 15) is 9.59 Å².